The first-order valence-electron chi connectivity index (χ1n) is 13.8. The van der Waals surface area contributed by atoms with Gasteiger partial charge in [0.15, 0.2) is 6.04 Å². The molecule has 13 nitrogen and oxygen atoms in total. The highest BCUT2D eigenvalue weighted by Gasteiger charge is 2.40. The number of carboxylic acids is 1. The number of hydrogen-bond donors (Lipinski definition) is 7. The highest BCUT2D eigenvalue weighted by molar-refractivity contribution is 5.95. The number of unbranched alkanes of at least 4 members (excludes halogenated alkanes) is 1. The number of hydrogen-bond acceptors (Lipinski definition) is 8. The lowest BCUT2D eigenvalue weighted by molar-refractivity contribution is -0.146. The van der Waals surface area contributed by atoms with E-state index in [1.54, 1.807) is 13.8 Å². The van der Waals surface area contributed by atoms with Gasteiger partial charge in [-0.25, -0.2) is 4.79 Å². The van der Waals surface area contributed by atoms with Crippen LogP contribution in [0.3, 0.4) is 0 Å². The summed E-state index contributed by atoms with van der Waals surface area (Å²) in [6.07, 6.45) is 1.82. The number of carbonyl (C=O) groups excluding carboxylic acids is 4. The number of carboxylic acid groups (broad SMARTS) is 1. The van der Waals surface area contributed by atoms with Crippen molar-refractivity contribution in [3.05, 3.63) is 0 Å². The van der Waals surface area contributed by atoms with Gasteiger partial charge in [0.1, 0.15) is 18.1 Å². The van der Waals surface area contributed by atoms with Crippen molar-refractivity contribution in [1.82, 2.24) is 20.9 Å². The molecule has 1 heterocycles. The second-order valence-electron chi connectivity index (χ2n) is 11.1. The van der Waals surface area contributed by atoms with Crippen LogP contribution in [-0.4, -0.2) is 94.1 Å². The van der Waals surface area contributed by atoms with Crippen molar-refractivity contribution in [2.24, 2.45) is 23.3 Å². The van der Waals surface area contributed by atoms with Crippen molar-refractivity contribution in [1.29, 1.82) is 0 Å². The van der Waals surface area contributed by atoms with Gasteiger partial charge in [0.05, 0.1) is 12.1 Å². The number of nitrogens with zero attached hydrogens (tertiary/aromatic N) is 1. The molecule has 0 radical (unpaired) electrons. The molecule has 0 saturated carbocycles. The second-order valence-corrected chi connectivity index (χ2v) is 11.1. The Morgan fingerprint density at radius 3 is 2.10 bits per heavy atom. The van der Waals surface area contributed by atoms with Crippen LogP contribution >= 0.6 is 0 Å². The Balaban J connectivity index is 3.00. The van der Waals surface area contributed by atoms with Crippen LogP contribution < -0.4 is 27.4 Å². The van der Waals surface area contributed by atoms with E-state index in [-0.39, 0.29) is 5.92 Å². The van der Waals surface area contributed by atoms with Gasteiger partial charge in [0, 0.05) is 6.54 Å². The quantitative estimate of drug-likeness (QED) is 0.116. The number of aliphatic carboxylic acids is 1. The molecule has 0 bridgehead atoms. The van der Waals surface area contributed by atoms with Gasteiger partial charge < -0.3 is 42.5 Å². The molecule has 1 saturated heterocycles. The molecule has 0 aliphatic carbocycles. The van der Waals surface area contributed by atoms with Crippen LogP contribution in [-0.2, 0) is 24.0 Å². The molecule has 6 atom stereocenters. The van der Waals surface area contributed by atoms with Gasteiger partial charge in [-0.2, -0.15) is 0 Å². The molecule has 1 rings (SSSR count). The Hall–Kier alpha value is -2.77. The third kappa shape index (κ3) is 10.7. The zero-order valence-electron chi connectivity index (χ0n) is 23.8. The number of amides is 4. The Labute approximate surface area is 230 Å². The first-order valence-corrected chi connectivity index (χ1v) is 13.8. The second kappa shape index (κ2) is 16.4. The Kier molecular flexibility index (Phi) is 14.4. The zero-order chi connectivity index (χ0) is 29.9. The van der Waals surface area contributed by atoms with E-state index in [1.165, 1.54) is 11.8 Å². The van der Waals surface area contributed by atoms with Gasteiger partial charge in [-0.3, -0.25) is 19.2 Å². The molecule has 1 fully saturated rings. The number of rotatable bonds is 16. The summed E-state index contributed by atoms with van der Waals surface area (Å²) >= 11 is 0. The lowest BCUT2D eigenvalue weighted by atomic mass is 10.00. The smallest absolute Gasteiger partial charge is 0.328 e. The third-order valence-corrected chi connectivity index (χ3v) is 6.76. The Morgan fingerprint density at radius 1 is 0.949 bits per heavy atom. The standard InChI is InChI=1S/C26H48N6O7/c1-14(2)13-18(29-22(34)17(28)9-6-7-11-27)25(37)32-12-8-10-19(32)23(35)30-20(15(3)4)24(36)31-21(16(5)33)26(38)39/h14-21,33H,6-13,27-28H2,1-5H3,(H,29,34)(H,30,35)(H,31,36)(H,38,39)/t16-,17+,18+,19+,20+,21+/m1/s1. The van der Waals surface area contributed by atoms with Crippen LogP contribution in [0.1, 0.15) is 73.1 Å². The summed E-state index contributed by atoms with van der Waals surface area (Å²) in [4.78, 5) is 65.2. The van der Waals surface area contributed by atoms with Crippen LogP contribution in [0.4, 0.5) is 0 Å². The van der Waals surface area contributed by atoms with Gasteiger partial charge in [-0.15, -0.1) is 0 Å². The molecule has 39 heavy (non-hydrogen) atoms. The molecule has 0 unspecified atom stereocenters. The van der Waals surface area contributed by atoms with E-state index < -0.39 is 71.8 Å². The molecule has 0 spiro atoms. The van der Waals surface area contributed by atoms with Crippen LogP contribution in [0.5, 0.6) is 0 Å². The largest absolute Gasteiger partial charge is 0.480 e. The minimum atomic E-state index is -1.54. The first kappa shape index (κ1) is 34.3. The van der Waals surface area contributed by atoms with Gasteiger partial charge >= 0.3 is 5.97 Å². The monoisotopic (exact) mass is 556 g/mol. The normalized spacial score (nSPS) is 19.2. The number of nitrogens with two attached hydrogens (primary N) is 2. The van der Waals surface area contributed by atoms with E-state index in [2.05, 4.69) is 16.0 Å². The molecule has 9 N–H and O–H groups in total. The maximum absolute atomic E-state index is 13.6. The van der Waals surface area contributed by atoms with E-state index in [9.17, 15) is 34.2 Å². The summed E-state index contributed by atoms with van der Waals surface area (Å²) in [7, 11) is 0. The van der Waals surface area contributed by atoms with Crippen molar-refractivity contribution in [2.75, 3.05) is 13.1 Å². The summed E-state index contributed by atoms with van der Waals surface area (Å²) in [5.74, 6) is -3.87. The molecular weight excluding hydrogens is 508 g/mol. The molecule has 1 aliphatic heterocycles. The predicted molar refractivity (Wildman–Crippen MR) is 145 cm³/mol. The van der Waals surface area contributed by atoms with E-state index in [4.69, 9.17) is 11.5 Å². The Bertz CT molecular complexity index is 851. The highest BCUT2D eigenvalue weighted by Crippen LogP contribution is 2.21. The summed E-state index contributed by atoms with van der Waals surface area (Å²) < 4.78 is 0. The van der Waals surface area contributed by atoms with E-state index in [0.717, 1.165) is 6.42 Å². The lowest BCUT2D eigenvalue weighted by Gasteiger charge is -2.31. The number of aliphatic hydroxyl groups is 1. The van der Waals surface area contributed by atoms with Crippen molar-refractivity contribution in [3.63, 3.8) is 0 Å². The van der Waals surface area contributed by atoms with Gasteiger partial charge in [-0.05, 0) is 57.4 Å². The fourth-order valence-electron chi connectivity index (χ4n) is 4.53. The van der Waals surface area contributed by atoms with E-state index in [1.807, 2.05) is 13.8 Å². The first-order chi connectivity index (χ1) is 18.2. The summed E-state index contributed by atoms with van der Waals surface area (Å²) in [5, 5.41) is 26.7. The topological polar surface area (TPSA) is 217 Å². The molecule has 0 aromatic heterocycles. The molecule has 0 aromatic carbocycles. The third-order valence-electron chi connectivity index (χ3n) is 6.76. The van der Waals surface area contributed by atoms with Crippen molar-refractivity contribution < 1.29 is 34.2 Å². The fraction of sp³-hybridized carbons (Fsp3) is 0.808. The number of aliphatic hydroxyl groups excluding tert-OH is 1. The van der Waals surface area contributed by atoms with E-state index >= 15 is 0 Å². The van der Waals surface area contributed by atoms with Crippen LogP contribution in [0.25, 0.3) is 0 Å². The minimum absolute atomic E-state index is 0.0766. The van der Waals surface area contributed by atoms with Gasteiger partial charge in [0.25, 0.3) is 0 Å². The molecule has 4 amide bonds. The summed E-state index contributed by atoms with van der Waals surface area (Å²) in [6.45, 7) is 9.27. The SMILES string of the molecule is CC(C)C[C@H](NC(=O)[C@@H](N)CCCCN)C(=O)N1CCC[C@H]1C(=O)N[C@H](C(=O)N[C@H](C(=O)O)[C@@H](C)O)C(C)C. The van der Waals surface area contributed by atoms with Crippen LogP contribution in [0, 0.1) is 11.8 Å². The van der Waals surface area contributed by atoms with E-state index in [0.29, 0.717) is 45.2 Å². The Morgan fingerprint density at radius 2 is 1.59 bits per heavy atom. The van der Waals surface area contributed by atoms with Gasteiger partial charge in [0.2, 0.25) is 23.6 Å². The predicted octanol–water partition coefficient (Wildman–Crippen LogP) is -0.944. The molecule has 224 valence electrons. The van der Waals surface area contributed by atoms with Crippen molar-refractivity contribution in [3.8, 4) is 0 Å². The molecule has 13 heteroatoms. The zero-order valence-corrected chi connectivity index (χ0v) is 23.8. The number of nitrogens with one attached hydrogen (secondary N) is 3. The average Bonchev–Trinajstić information content (AvgIpc) is 3.33. The summed E-state index contributed by atoms with van der Waals surface area (Å²) in [6, 6.07) is -5.13. The average molecular weight is 557 g/mol. The molecular formula is C26H48N6O7. The van der Waals surface area contributed by atoms with Gasteiger partial charge in [-0.1, -0.05) is 34.1 Å². The van der Waals surface area contributed by atoms with Crippen molar-refractivity contribution >= 4 is 29.6 Å². The number of carbonyl (C=O) groups is 5. The number of likely N-dealkylation sites (tertiary alicyclic amines) is 1. The maximum atomic E-state index is 13.6. The molecule has 0 aromatic rings. The molecule has 1 aliphatic rings. The van der Waals surface area contributed by atoms with Crippen molar-refractivity contribution in [2.45, 2.75) is 109 Å². The van der Waals surface area contributed by atoms with Crippen LogP contribution in [0.2, 0.25) is 0 Å². The maximum Gasteiger partial charge on any atom is 0.328 e. The summed E-state index contributed by atoms with van der Waals surface area (Å²) in [5.41, 5.74) is 11.5. The lowest BCUT2D eigenvalue weighted by Crippen LogP contribution is -2.60. The highest BCUT2D eigenvalue weighted by atomic mass is 16.4. The minimum Gasteiger partial charge on any atom is -0.480 e. The van der Waals surface area contributed by atoms with Crippen LogP contribution in [0.15, 0.2) is 0 Å². The fourth-order valence-corrected chi connectivity index (χ4v) is 4.53.